The van der Waals surface area contributed by atoms with Gasteiger partial charge in [-0.3, -0.25) is 4.90 Å². The summed E-state index contributed by atoms with van der Waals surface area (Å²) in [5.41, 5.74) is 2.89. The van der Waals surface area contributed by atoms with Gasteiger partial charge in [0.1, 0.15) is 5.75 Å². The average molecular weight is 434 g/mol. The van der Waals surface area contributed by atoms with Crippen LogP contribution in [0.25, 0.3) is 0 Å². The fraction of sp³-hybridized carbons (Fsp3) is 0.269. The maximum atomic E-state index is 12.9. The molecule has 0 radical (unpaired) electrons. The summed E-state index contributed by atoms with van der Waals surface area (Å²) in [7, 11) is 3.36. The number of benzene rings is 3. The van der Waals surface area contributed by atoms with Crippen molar-refractivity contribution in [1.82, 2.24) is 10.6 Å². The molecule has 168 valence electrons. The van der Waals surface area contributed by atoms with Crippen LogP contribution in [-0.2, 0) is 13.0 Å². The third kappa shape index (κ3) is 6.83. The molecule has 0 saturated carbocycles. The Labute approximate surface area is 189 Å². The van der Waals surface area contributed by atoms with Crippen molar-refractivity contribution >= 4 is 11.7 Å². The molecule has 0 unspecified atom stereocenters. The number of urea groups is 1. The number of aliphatic hydroxyl groups excluding tert-OH is 1. The normalized spacial score (nSPS) is 12.6. The molecule has 0 aliphatic rings. The molecule has 3 aromatic carbocycles. The summed E-state index contributed by atoms with van der Waals surface area (Å²) in [6.45, 7) is 0.925. The third-order valence-corrected chi connectivity index (χ3v) is 5.34. The quantitative estimate of drug-likeness (QED) is 0.457. The van der Waals surface area contributed by atoms with Crippen LogP contribution >= 0.6 is 0 Å². The first-order valence-corrected chi connectivity index (χ1v) is 10.7. The van der Waals surface area contributed by atoms with Gasteiger partial charge in [-0.2, -0.15) is 0 Å². The number of ether oxygens (including phenoxy) is 1. The van der Waals surface area contributed by atoms with Crippen molar-refractivity contribution < 1.29 is 14.6 Å². The first-order chi connectivity index (χ1) is 15.6. The minimum absolute atomic E-state index is 0.260. The van der Waals surface area contributed by atoms with E-state index in [0.29, 0.717) is 19.5 Å². The van der Waals surface area contributed by atoms with Gasteiger partial charge in [0.2, 0.25) is 0 Å². The minimum atomic E-state index is -0.770. The Bertz CT molecular complexity index is 966. The number of hydrogen-bond acceptors (Lipinski definition) is 4. The maximum Gasteiger partial charge on any atom is 0.321 e. The second-order valence-electron chi connectivity index (χ2n) is 7.69. The molecule has 0 heterocycles. The Kier molecular flexibility index (Phi) is 8.66. The van der Waals surface area contributed by atoms with E-state index >= 15 is 0 Å². The molecule has 0 spiro atoms. The zero-order chi connectivity index (χ0) is 22.8. The highest BCUT2D eigenvalue weighted by atomic mass is 16.5. The molecule has 0 aliphatic carbocycles. The molecule has 6 nitrogen and oxygen atoms in total. The number of rotatable bonds is 10. The number of nitrogens with one attached hydrogen (secondary N) is 2. The summed E-state index contributed by atoms with van der Waals surface area (Å²) >= 11 is 0. The lowest BCUT2D eigenvalue weighted by molar-refractivity contribution is 0.127. The van der Waals surface area contributed by atoms with E-state index in [9.17, 15) is 9.90 Å². The Balaban J connectivity index is 1.63. The summed E-state index contributed by atoms with van der Waals surface area (Å²) < 4.78 is 5.26. The summed E-state index contributed by atoms with van der Waals surface area (Å²) in [5, 5.41) is 17.2. The van der Waals surface area contributed by atoms with Crippen LogP contribution < -0.4 is 20.3 Å². The van der Waals surface area contributed by atoms with Crippen molar-refractivity contribution in [3.05, 3.63) is 96.1 Å². The molecule has 2 atom stereocenters. The fourth-order valence-corrected chi connectivity index (χ4v) is 3.46. The predicted octanol–water partition coefficient (Wildman–Crippen LogP) is 3.60. The van der Waals surface area contributed by atoms with Gasteiger partial charge in [-0.05, 0) is 41.8 Å². The van der Waals surface area contributed by atoms with E-state index in [1.165, 1.54) is 0 Å². The number of anilines is 1. The lowest BCUT2D eigenvalue weighted by Crippen LogP contribution is -2.52. The van der Waals surface area contributed by atoms with Crippen LogP contribution in [0.1, 0.15) is 11.1 Å². The molecule has 0 fully saturated rings. The van der Waals surface area contributed by atoms with Gasteiger partial charge in [0.25, 0.3) is 0 Å². The van der Waals surface area contributed by atoms with E-state index < -0.39 is 12.1 Å². The number of hydrogen-bond donors (Lipinski definition) is 3. The van der Waals surface area contributed by atoms with E-state index in [0.717, 1.165) is 22.6 Å². The predicted molar refractivity (Wildman–Crippen MR) is 128 cm³/mol. The Morgan fingerprint density at radius 2 is 1.62 bits per heavy atom. The van der Waals surface area contributed by atoms with Crippen LogP contribution in [0.3, 0.4) is 0 Å². The van der Waals surface area contributed by atoms with Crippen molar-refractivity contribution in [3.8, 4) is 5.75 Å². The van der Waals surface area contributed by atoms with Crippen molar-refractivity contribution in [3.63, 3.8) is 0 Å². The van der Waals surface area contributed by atoms with Gasteiger partial charge in [-0.1, -0.05) is 60.7 Å². The molecule has 3 aromatic rings. The van der Waals surface area contributed by atoms with Crippen molar-refractivity contribution in [1.29, 1.82) is 0 Å². The van der Waals surface area contributed by atoms with Crippen molar-refractivity contribution in [2.24, 2.45) is 0 Å². The highest BCUT2D eigenvalue weighted by molar-refractivity contribution is 5.91. The molecule has 6 heteroatoms. The molecular formula is C26H31N3O3. The molecule has 32 heavy (non-hydrogen) atoms. The minimum Gasteiger partial charge on any atom is -0.497 e. The number of carbonyl (C=O) groups excluding carboxylic acids is 1. The van der Waals surface area contributed by atoms with E-state index in [1.807, 2.05) is 84.9 Å². The van der Waals surface area contributed by atoms with Gasteiger partial charge >= 0.3 is 6.03 Å². The van der Waals surface area contributed by atoms with Crippen molar-refractivity contribution in [2.45, 2.75) is 25.1 Å². The third-order valence-electron chi connectivity index (χ3n) is 5.34. The second-order valence-corrected chi connectivity index (χ2v) is 7.69. The van der Waals surface area contributed by atoms with E-state index in [-0.39, 0.29) is 6.03 Å². The summed E-state index contributed by atoms with van der Waals surface area (Å²) in [4.78, 5) is 14.4. The second kappa shape index (κ2) is 11.9. The Hall–Kier alpha value is -3.35. The van der Waals surface area contributed by atoms with Crippen LogP contribution in [-0.4, -0.2) is 44.0 Å². The molecular weight excluding hydrogens is 402 g/mol. The van der Waals surface area contributed by atoms with Crippen molar-refractivity contribution in [2.75, 3.05) is 25.6 Å². The first kappa shape index (κ1) is 23.3. The molecule has 0 saturated heterocycles. The van der Waals surface area contributed by atoms with E-state index in [4.69, 9.17) is 4.74 Å². The Morgan fingerprint density at radius 3 is 2.31 bits per heavy atom. The molecule has 3 N–H and O–H groups in total. The largest absolute Gasteiger partial charge is 0.497 e. The maximum absolute atomic E-state index is 12.9. The lowest BCUT2D eigenvalue weighted by Gasteiger charge is -2.27. The highest BCUT2D eigenvalue weighted by Crippen LogP contribution is 2.14. The lowest BCUT2D eigenvalue weighted by atomic mass is 10.0. The highest BCUT2D eigenvalue weighted by Gasteiger charge is 2.23. The van der Waals surface area contributed by atoms with Gasteiger partial charge in [-0.25, -0.2) is 4.79 Å². The van der Waals surface area contributed by atoms with Crippen LogP contribution in [0.5, 0.6) is 5.75 Å². The van der Waals surface area contributed by atoms with Gasteiger partial charge in [-0.15, -0.1) is 0 Å². The van der Waals surface area contributed by atoms with E-state index in [1.54, 1.807) is 19.1 Å². The van der Waals surface area contributed by atoms with Gasteiger partial charge in [0.05, 0.1) is 19.3 Å². The van der Waals surface area contributed by atoms with Crippen LogP contribution in [0, 0.1) is 0 Å². The molecule has 0 aliphatic heterocycles. The smallest absolute Gasteiger partial charge is 0.321 e. The van der Waals surface area contributed by atoms with Crippen LogP contribution in [0.2, 0.25) is 0 Å². The summed E-state index contributed by atoms with van der Waals surface area (Å²) in [6.07, 6.45) is -0.244. The summed E-state index contributed by atoms with van der Waals surface area (Å²) in [6, 6.07) is 26.4. The van der Waals surface area contributed by atoms with Gasteiger partial charge in [0, 0.05) is 25.8 Å². The fourth-order valence-electron chi connectivity index (χ4n) is 3.46. The van der Waals surface area contributed by atoms with Gasteiger partial charge < -0.3 is 20.5 Å². The standard InChI is InChI=1S/C26H31N3O3/c1-29(22-13-7-4-8-14-22)26(31)28-24(17-20-10-5-3-6-11-20)25(30)19-27-18-21-12-9-15-23(16-21)32-2/h3-16,24-25,27,30H,17-19H2,1-2H3,(H,28,31)/t24-,25-/m0/s1. The number of aliphatic hydroxyl groups is 1. The first-order valence-electron chi connectivity index (χ1n) is 10.7. The number of amides is 2. The van der Waals surface area contributed by atoms with E-state index in [2.05, 4.69) is 10.6 Å². The monoisotopic (exact) mass is 433 g/mol. The number of methoxy groups -OCH3 is 1. The average Bonchev–Trinajstić information content (AvgIpc) is 2.84. The van der Waals surface area contributed by atoms with Crippen LogP contribution in [0.15, 0.2) is 84.9 Å². The zero-order valence-corrected chi connectivity index (χ0v) is 18.6. The zero-order valence-electron chi connectivity index (χ0n) is 18.6. The number of carbonyl (C=O) groups is 1. The molecule has 3 rings (SSSR count). The summed E-state index contributed by atoms with van der Waals surface area (Å²) in [5.74, 6) is 0.794. The molecule has 2 amide bonds. The topological polar surface area (TPSA) is 73.8 Å². The molecule has 0 bridgehead atoms. The van der Waals surface area contributed by atoms with Crippen LogP contribution in [0.4, 0.5) is 10.5 Å². The Morgan fingerprint density at radius 1 is 0.969 bits per heavy atom. The number of nitrogens with zero attached hydrogens (tertiary/aromatic N) is 1. The molecule has 0 aromatic heterocycles. The van der Waals surface area contributed by atoms with Gasteiger partial charge in [0.15, 0.2) is 0 Å². The SMILES string of the molecule is COc1cccc(CNC[C@H](O)[C@H](Cc2ccccc2)NC(=O)N(C)c2ccccc2)c1. The number of para-hydroxylation sites is 1.